The summed E-state index contributed by atoms with van der Waals surface area (Å²) < 4.78 is 18.9. The molecule has 2 atom stereocenters. The molecule has 1 aromatic carbocycles. The minimum Gasteiger partial charge on any atom is -0.493 e. The number of hydrogen-bond acceptors (Lipinski definition) is 3. The number of hydrogen-bond donors (Lipinski definition) is 1. The number of rotatable bonds is 3. The second-order valence-corrected chi connectivity index (χ2v) is 5.15. The highest BCUT2D eigenvalue weighted by molar-refractivity contribution is 5.38. The van der Waals surface area contributed by atoms with Crippen LogP contribution < -0.4 is 10.5 Å². The van der Waals surface area contributed by atoms with E-state index in [2.05, 4.69) is 11.1 Å². The van der Waals surface area contributed by atoms with Crippen LogP contribution >= 0.6 is 0 Å². The minimum absolute atomic E-state index is 0.214. The first-order valence-corrected chi connectivity index (χ1v) is 6.82. The number of benzene rings is 1. The first kappa shape index (κ1) is 13.1. The van der Waals surface area contributed by atoms with Crippen molar-refractivity contribution in [3.63, 3.8) is 0 Å². The Hall–Kier alpha value is -1.94. The van der Waals surface area contributed by atoms with Gasteiger partial charge in [0.15, 0.2) is 0 Å². The second kappa shape index (κ2) is 5.59. The Morgan fingerprint density at radius 2 is 2.20 bits per heavy atom. The minimum atomic E-state index is -0.342. The molecule has 3 rings (SSSR count). The number of aromatic nitrogens is 1. The van der Waals surface area contributed by atoms with Crippen LogP contribution in [0.2, 0.25) is 0 Å². The molecule has 2 unspecified atom stereocenters. The van der Waals surface area contributed by atoms with Crippen molar-refractivity contribution in [2.75, 3.05) is 6.61 Å². The van der Waals surface area contributed by atoms with Gasteiger partial charge in [-0.3, -0.25) is 4.98 Å². The number of pyridine rings is 1. The molecule has 0 amide bonds. The van der Waals surface area contributed by atoms with Crippen LogP contribution in [0.4, 0.5) is 4.39 Å². The van der Waals surface area contributed by atoms with Gasteiger partial charge in [0.2, 0.25) is 0 Å². The lowest BCUT2D eigenvalue weighted by Crippen LogP contribution is -2.20. The van der Waals surface area contributed by atoms with Gasteiger partial charge in [-0.05, 0) is 42.0 Å². The number of nitrogens with zero attached hydrogens (tertiary/aromatic N) is 1. The Kier molecular flexibility index (Phi) is 3.65. The highest BCUT2D eigenvalue weighted by Gasteiger charge is 2.23. The zero-order valence-electron chi connectivity index (χ0n) is 11.1. The normalized spacial score (nSPS) is 19.0. The van der Waals surface area contributed by atoms with Crippen molar-refractivity contribution < 1.29 is 9.13 Å². The van der Waals surface area contributed by atoms with E-state index in [1.165, 1.54) is 17.8 Å². The van der Waals surface area contributed by atoms with Gasteiger partial charge in [0.25, 0.3) is 0 Å². The maximum absolute atomic E-state index is 13.2. The molecule has 0 saturated carbocycles. The molecule has 0 aliphatic carbocycles. The standard InChI is InChI=1S/C16H17FN2O/c17-13-7-12(9-19-10-13)15(18)8-11-5-6-20-16-4-2-1-3-14(11)16/h1-4,7,9-11,15H,5-6,8,18H2. The lowest BCUT2D eigenvalue weighted by molar-refractivity contribution is 0.259. The third kappa shape index (κ3) is 2.65. The van der Waals surface area contributed by atoms with Crippen LogP contribution in [-0.2, 0) is 0 Å². The van der Waals surface area contributed by atoms with Gasteiger partial charge >= 0.3 is 0 Å². The fourth-order valence-electron chi connectivity index (χ4n) is 2.73. The first-order valence-electron chi connectivity index (χ1n) is 6.82. The van der Waals surface area contributed by atoms with Crippen molar-refractivity contribution in [3.05, 3.63) is 59.7 Å². The Morgan fingerprint density at radius 1 is 1.35 bits per heavy atom. The van der Waals surface area contributed by atoms with Crippen LogP contribution in [-0.4, -0.2) is 11.6 Å². The zero-order chi connectivity index (χ0) is 13.9. The molecule has 3 nitrogen and oxygen atoms in total. The third-order valence-corrected chi connectivity index (χ3v) is 3.78. The van der Waals surface area contributed by atoms with Crippen molar-refractivity contribution in [3.8, 4) is 5.75 Å². The SMILES string of the molecule is NC(CC1CCOc2ccccc21)c1cncc(F)c1. The molecule has 1 aromatic heterocycles. The van der Waals surface area contributed by atoms with E-state index in [0.717, 1.165) is 24.2 Å². The largest absolute Gasteiger partial charge is 0.493 e. The van der Waals surface area contributed by atoms with E-state index in [4.69, 9.17) is 10.5 Å². The van der Waals surface area contributed by atoms with Gasteiger partial charge in [0.05, 0.1) is 12.8 Å². The van der Waals surface area contributed by atoms with E-state index >= 15 is 0 Å². The quantitative estimate of drug-likeness (QED) is 0.933. The number of fused-ring (bicyclic) bond motifs is 1. The molecule has 104 valence electrons. The lowest BCUT2D eigenvalue weighted by atomic mass is 9.86. The first-order chi connectivity index (χ1) is 9.74. The fraction of sp³-hybridized carbons (Fsp3) is 0.312. The molecule has 2 heterocycles. The second-order valence-electron chi connectivity index (χ2n) is 5.15. The summed E-state index contributed by atoms with van der Waals surface area (Å²) in [6.45, 7) is 0.704. The predicted octanol–water partition coefficient (Wildman–Crippen LogP) is 3.18. The topological polar surface area (TPSA) is 48.1 Å². The van der Waals surface area contributed by atoms with Crippen molar-refractivity contribution in [2.45, 2.75) is 24.8 Å². The molecule has 2 N–H and O–H groups in total. The van der Waals surface area contributed by atoms with E-state index in [1.807, 2.05) is 18.2 Å². The van der Waals surface area contributed by atoms with Crippen LogP contribution in [0.3, 0.4) is 0 Å². The van der Waals surface area contributed by atoms with Crippen LogP contribution in [0, 0.1) is 5.82 Å². The molecule has 1 aliphatic heterocycles. The Bertz CT molecular complexity index is 603. The van der Waals surface area contributed by atoms with Gasteiger partial charge in [-0.1, -0.05) is 18.2 Å². The number of nitrogens with two attached hydrogens (primary N) is 1. The molecule has 4 heteroatoms. The maximum Gasteiger partial charge on any atom is 0.141 e. The fourth-order valence-corrected chi connectivity index (χ4v) is 2.73. The monoisotopic (exact) mass is 272 g/mol. The zero-order valence-corrected chi connectivity index (χ0v) is 11.1. The summed E-state index contributed by atoms with van der Waals surface area (Å²) in [6, 6.07) is 9.29. The predicted molar refractivity (Wildman–Crippen MR) is 75.0 cm³/mol. The average molecular weight is 272 g/mol. The Morgan fingerprint density at radius 3 is 3.05 bits per heavy atom. The summed E-state index contributed by atoms with van der Waals surface area (Å²) in [4.78, 5) is 3.86. The number of halogens is 1. The maximum atomic E-state index is 13.2. The molecule has 0 spiro atoms. The Balaban J connectivity index is 1.79. The molecular weight excluding hydrogens is 255 g/mol. The van der Waals surface area contributed by atoms with Crippen molar-refractivity contribution >= 4 is 0 Å². The number of para-hydroxylation sites is 1. The van der Waals surface area contributed by atoms with E-state index < -0.39 is 0 Å². The van der Waals surface area contributed by atoms with Crippen LogP contribution in [0.5, 0.6) is 5.75 Å². The lowest BCUT2D eigenvalue weighted by Gasteiger charge is -2.27. The molecule has 0 radical (unpaired) electrons. The van der Waals surface area contributed by atoms with Gasteiger partial charge < -0.3 is 10.5 Å². The molecule has 20 heavy (non-hydrogen) atoms. The molecule has 0 fully saturated rings. The van der Waals surface area contributed by atoms with E-state index in [1.54, 1.807) is 6.20 Å². The summed E-state index contributed by atoms with van der Waals surface area (Å²) in [5.41, 5.74) is 8.14. The highest BCUT2D eigenvalue weighted by atomic mass is 19.1. The van der Waals surface area contributed by atoms with Crippen LogP contribution in [0.1, 0.15) is 35.9 Å². The van der Waals surface area contributed by atoms with Crippen molar-refractivity contribution in [1.29, 1.82) is 0 Å². The summed E-state index contributed by atoms with van der Waals surface area (Å²) in [5, 5.41) is 0. The number of ether oxygens (including phenoxy) is 1. The van der Waals surface area contributed by atoms with Gasteiger partial charge in [0.1, 0.15) is 11.6 Å². The summed E-state index contributed by atoms with van der Waals surface area (Å²) in [7, 11) is 0. The van der Waals surface area contributed by atoms with Crippen molar-refractivity contribution in [1.82, 2.24) is 4.98 Å². The summed E-state index contributed by atoms with van der Waals surface area (Å²) >= 11 is 0. The molecule has 0 bridgehead atoms. The van der Waals surface area contributed by atoms with E-state index in [0.29, 0.717) is 12.5 Å². The molecule has 0 saturated heterocycles. The molecular formula is C16H17FN2O. The van der Waals surface area contributed by atoms with Crippen LogP contribution in [0.15, 0.2) is 42.7 Å². The van der Waals surface area contributed by atoms with Crippen LogP contribution in [0.25, 0.3) is 0 Å². The Labute approximate surface area is 117 Å². The van der Waals surface area contributed by atoms with Gasteiger partial charge in [-0.2, -0.15) is 0 Å². The van der Waals surface area contributed by atoms with Gasteiger partial charge in [0, 0.05) is 12.2 Å². The summed E-state index contributed by atoms with van der Waals surface area (Å²) in [6.07, 6.45) is 4.54. The molecule has 1 aliphatic rings. The van der Waals surface area contributed by atoms with E-state index in [-0.39, 0.29) is 11.9 Å². The smallest absolute Gasteiger partial charge is 0.141 e. The molecule has 2 aromatic rings. The van der Waals surface area contributed by atoms with E-state index in [9.17, 15) is 4.39 Å². The van der Waals surface area contributed by atoms with Crippen molar-refractivity contribution in [2.24, 2.45) is 5.73 Å². The van der Waals surface area contributed by atoms with Gasteiger partial charge in [-0.15, -0.1) is 0 Å². The highest BCUT2D eigenvalue weighted by Crippen LogP contribution is 2.38. The average Bonchev–Trinajstić information content (AvgIpc) is 2.47. The van der Waals surface area contributed by atoms with Gasteiger partial charge in [-0.25, -0.2) is 4.39 Å². The summed E-state index contributed by atoms with van der Waals surface area (Å²) in [5.74, 6) is 0.942. The third-order valence-electron chi connectivity index (χ3n) is 3.78.